The maximum Gasteiger partial charge on any atom is 0.309 e. The molecule has 4 heteroatoms. The van der Waals surface area contributed by atoms with Gasteiger partial charge in [-0.1, -0.05) is 53.2 Å². The van der Waals surface area contributed by atoms with Crippen LogP contribution in [0.2, 0.25) is 0 Å². The van der Waals surface area contributed by atoms with Crippen LogP contribution in [0.25, 0.3) is 0 Å². The van der Waals surface area contributed by atoms with Crippen molar-refractivity contribution in [1.82, 2.24) is 0 Å². The van der Waals surface area contributed by atoms with E-state index in [1.807, 2.05) is 37.3 Å². The van der Waals surface area contributed by atoms with Crippen molar-refractivity contribution >= 4 is 34.5 Å². The average Bonchev–Trinajstić information content (AvgIpc) is 2.40. The minimum Gasteiger partial charge on any atom is -0.461 e. The fourth-order valence-electron chi connectivity index (χ4n) is 1.15. The van der Waals surface area contributed by atoms with E-state index >= 15 is 0 Å². The highest BCUT2D eigenvalue weighted by atomic mass is 79.9. The van der Waals surface area contributed by atoms with Gasteiger partial charge in [-0.3, -0.25) is 4.79 Å². The van der Waals surface area contributed by atoms with E-state index in [9.17, 15) is 4.79 Å². The Labute approximate surface area is 117 Å². The number of carbonyl (C=O) groups is 1. The molecule has 0 fully saturated rings. The summed E-state index contributed by atoms with van der Waals surface area (Å²) >= 11 is 6.83. The molecule has 0 radical (unpaired) electrons. The van der Waals surface area contributed by atoms with Crippen LogP contribution in [0.3, 0.4) is 0 Å². The molecule has 0 bridgehead atoms. The first kappa shape index (κ1) is 16.5. The molecule has 1 unspecified atom stereocenters. The molecule has 0 heterocycles. The van der Waals surface area contributed by atoms with Gasteiger partial charge >= 0.3 is 5.97 Å². The van der Waals surface area contributed by atoms with Crippen molar-refractivity contribution in [2.75, 3.05) is 11.6 Å². The quantitative estimate of drug-likeness (QED) is 0.509. The molecule has 1 atom stereocenters. The fourth-order valence-corrected chi connectivity index (χ4v) is 1.84. The van der Waals surface area contributed by atoms with Crippen LogP contribution in [-0.2, 0) is 16.1 Å². The van der Waals surface area contributed by atoms with Gasteiger partial charge in [0.05, 0.1) is 5.92 Å². The zero-order chi connectivity index (χ0) is 13.1. The first-order valence-electron chi connectivity index (χ1n) is 5.45. The Hall–Kier alpha value is -0.480. The number of hydrogen-bond donors (Lipinski definition) is 1. The third kappa shape index (κ3) is 7.45. The highest BCUT2D eigenvalue weighted by Gasteiger charge is 2.13. The Balaban J connectivity index is 0.00000121. The van der Waals surface area contributed by atoms with Crippen LogP contribution in [-0.4, -0.2) is 17.6 Å². The smallest absolute Gasteiger partial charge is 0.309 e. The lowest BCUT2D eigenvalue weighted by Crippen LogP contribution is -2.15. The molecular weight excluding hydrogens is 300 g/mol. The predicted octanol–water partition coefficient (Wildman–Crippen LogP) is 3.70. The molecule has 1 rings (SSSR count). The monoisotopic (exact) mass is 318 g/mol. The van der Waals surface area contributed by atoms with Gasteiger partial charge in [0.25, 0.3) is 0 Å². The van der Waals surface area contributed by atoms with Crippen molar-refractivity contribution in [3.8, 4) is 0 Å². The third-order valence-electron chi connectivity index (χ3n) is 2.17. The lowest BCUT2D eigenvalue weighted by atomic mass is 10.1. The summed E-state index contributed by atoms with van der Waals surface area (Å²) in [4.78, 5) is 11.5. The van der Waals surface area contributed by atoms with Gasteiger partial charge in [0, 0.05) is 5.33 Å². The summed E-state index contributed by atoms with van der Waals surface area (Å²) in [5.74, 6) is -0.161. The molecule has 17 heavy (non-hydrogen) atoms. The normalized spacial score (nSPS) is 11.1. The summed E-state index contributed by atoms with van der Waals surface area (Å²) in [6, 6.07) is 9.71. The number of benzene rings is 1. The number of ether oxygens (including phenoxy) is 1. The van der Waals surface area contributed by atoms with Crippen LogP contribution >= 0.6 is 28.6 Å². The molecule has 0 aliphatic rings. The van der Waals surface area contributed by atoms with Gasteiger partial charge in [0.15, 0.2) is 0 Å². The van der Waals surface area contributed by atoms with Crippen LogP contribution < -0.4 is 0 Å². The SMILES string of the molecule is CC(CCBr)C(=O)OCc1ccccc1.CS. The Morgan fingerprint density at radius 2 is 1.94 bits per heavy atom. The molecule has 0 saturated carbocycles. The summed E-state index contributed by atoms with van der Waals surface area (Å²) in [7, 11) is 0. The second-order valence-electron chi connectivity index (χ2n) is 3.47. The number of esters is 1. The fraction of sp³-hybridized carbons (Fsp3) is 0.462. The number of halogens is 1. The maximum atomic E-state index is 11.5. The third-order valence-corrected chi connectivity index (χ3v) is 2.63. The summed E-state index contributed by atoms with van der Waals surface area (Å²) < 4.78 is 5.18. The number of rotatable bonds is 5. The van der Waals surface area contributed by atoms with Crippen LogP contribution in [0.4, 0.5) is 0 Å². The molecule has 0 aliphatic heterocycles. The van der Waals surface area contributed by atoms with Crippen LogP contribution in [0, 0.1) is 5.92 Å². The molecular formula is C13H19BrO2S. The molecule has 2 nitrogen and oxygen atoms in total. The molecule has 1 aromatic rings. The van der Waals surface area contributed by atoms with E-state index in [1.165, 1.54) is 0 Å². The van der Waals surface area contributed by atoms with Gasteiger partial charge in [-0.05, 0) is 18.2 Å². The van der Waals surface area contributed by atoms with Crippen LogP contribution in [0.15, 0.2) is 30.3 Å². The highest BCUT2D eigenvalue weighted by Crippen LogP contribution is 2.09. The minimum absolute atomic E-state index is 0.0342. The van der Waals surface area contributed by atoms with Crippen molar-refractivity contribution < 1.29 is 9.53 Å². The largest absolute Gasteiger partial charge is 0.461 e. The Morgan fingerprint density at radius 1 is 1.35 bits per heavy atom. The van der Waals surface area contributed by atoms with E-state index in [0.29, 0.717) is 6.61 Å². The molecule has 0 aromatic heterocycles. The van der Waals surface area contributed by atoms with Gasteiger partial charge in [-0.25, -0.2) is 0 Å². The van der Waals surface area contributed by atoms with Crippen molar-refractivity contribution in [2.45, 2.75) is 20.0 Å². The second kappa shape index (κ2) is 10.7. The summed E-state index contributed by atoms with van der Waals surface area (Å²) in [6.45, 7) is 2.25. The van der Waals surface area contributed by atoms with Crippen LogP contribution in [0.1, 0.15) is 18.9 Å². The first-order chi connectivity index (χ1) is 8.24. The van der Waals surface area contributed by atoms with Crippen LogP contribution in [0.5, 0.6) is 0 Å². The zero-order valence-corrected chi connectivity index (χ0v) is 12.7. The van der Waals surface area contributed by atoms with Crippen molar-refractivity contribution in [3.05, 3.63) is 35.9 Å². The predicted molar refractivity (Wildman–Crippen MR) is 78.7 cm³/mol. The maximum absolute atomic E-state index is 11.5. The van der Waals surface area contributed by atoms with Gasteiger partial charge in [0.2, 0.25) is 0 Å². The Bertz CT molecular complexity index is 304. The number of hydrogen-bond acceptors (Lipinski definition) is 3. The van der Waals surface area contributed by atoms with E-state index in [0.717, 1.165) is 17.3 Å². The van der Waals surface area contributed by atoms with E-state index in [2.05, 4.69) is 28.6 Å². The second-order valence-corrected chi connectivity index (χ2v) is 4.27. The van der Waals surface area contributed by atoms with Gasteiger partial charge < -0.3 is 4.74 Å². The standard InChI is InChI=1S/C12H15BrO2.CH4S/c1-10(7-8-13)12(14)15-9-11-5-3-2-4-6-11;1-2/h2-6,10H,7-9H2,1H3;2H,1H3. The van der Waals surface area contributed by atoms with Gasteiger partial charge in [0.1, 0.15) is 6.61 Å². The molecule has 0 N–H and O–H groups in total. The molecule has 0 amide bonds. The average molecular weight is 319 g/mol. The zero-order valence-electron chi connectivity index (χ0n) is 10.2. The number of carbonyl (C=O) groups excluding carboxylic acids is 1. The number of thiol groups is 1. The number of alkyl halides is 1. The van der Waals surface area contributed by atoms with Gasteiger partial charge in [-0.2, -0.15) is 12.6 Å². The summed E-state index contributed by atoms with van der Waals surface area (Å²) in [5, 5.41) is 0.828. The first-order valence-corrected chi connectivity index (χ1v) is 7.47. The van der Waals surface area contributed by atoms with E-state index in [4.69, 9.17) is 4.74 Å². The molecule has 0 spiro atoms. The summed E-state index contributed by atoms with van der Waals surface area (Å²) in [5.41, 5.74) is 1.02. The minimum atomic E-state index is -0.127. The van der Waals surface area contributed by atoms with Crippen molar-refractivity contribution in [2.24, 2.45) is 5.92 Å². The van der Waals surface area contributed by atoms with Gasteiger partial charge in [-0.15, -0.1) is 0 Å². The Kier molecular flexibility index (Phi) is 10.4. The molecule has 0 aliphatic carbocycles. The lowest BCUT2D eigenvalue weighted by Gasteiger charge is -2.09. The lowest BCUT2D eigenvalue weighted by molar-refractivity contribution is -0.149. The summed E-state index contributed by atoms with van der Waals surface area (Å²) in [6.07, 6.45) is 2.51. The highest BCUT2D eigenvalue weighted by molar-refractivity contribution is 9.09. The molecule has 1 aromatic carbocycles. The van der Waals surface area contributed by atoms with E-state index in [1.54, 1.807) is 6.26 Å². The van der Waals surface area contributed by atoms with Crippen molar-refractivity contribution in [3.63, 3.8) is 0 Å². The topological polar surface area (TPSA) is 26.3 Å². The molecule has 0 saturated heterocycles. The van der Waals surface area contributed by atoms with E-state index < -0.39 is 0 Å². The Morgan fingerprint density at radius 3 is 2.47 bits per heavy atom. The van der Waals surface area contributed by atoms with E-state index in [-0.39, 0.29) is 11.9 Å². The molecule has 96 valence electrons. The van der Waals surface area contributed by atoms with Crippen molar-refractivity contribution in [1.29, 1.82) is 0 Å².